The number of carbonyl (C=O) groups excluding carboxylic acids is 1. The lowest BCUT2D eigenvalue weighted by molar-refractivity contribution is -0.384. The lowest BCUT2D eigenvalue weighted by atomic mass is 10.2. The summed E-state index contributed by atoms with van der Waals surface area (Å²) >= 11 is 3.14. The standard InChI is InChI=1S/C21H19N3O5S2/c1-30-11-8-23-16-12-17-18(29-10-9-28-17)13-19(16)31-21(23)22-20(25)7-4-14-2-5-15(6-3-14)24(26)27/h2-7,12-13H,8-11H2,1H3/b7-4+,22-21?. The van der Waals surface area contributed by atoms with Crippen LogP contribution in [0.4, 0.5) is 5.69 Å². The smallest absolute Gasteiger partial charge is 0.272 e. The van der Waals surface area contributed by atoms with Gasteiger partial charge in [0, 0.05) is 42.6 Å². The Morgan fingerprint density at radius 1 is 1.26 bits per heavy atom. The second-order valence-corrected chi connectivity index (χ2v) is 8.62. The molecule has 0 radical (unpaired) electrons. The number of aromatic nitrogens is 1. The molecule has 1 amide bonds. The third-order valence-electron chi connectivity index (χ3n) is 4.59. The van der Waals surface area contributed by atoms with Gasteiger partial charge in [0.1, 0.15) is 13.2 Å². The number of hydrogen-bond donors (Lipinski definition) is 0. The molecule has 31 heavy (non-hydrogen) atoms. The maximum absolute atomic E-state index is 12.5. The fraction of sp³-hybridized carbons (Fsp3) is 0.238. The summed E-state index contributed by atoms with van der Waals surface area (Å²) in [5.41, 5.74) is 1.64. The van der Waals surface area contributed by atoms with Crippen LogP contribution in [0.5, 0.6) is 11.5 Å². The van der Waals surface area contributed by atoms with Crippen LogP contribution in [0.1, 0.15) is 5.56 Å². The van der Waals surface area contributed by atoms with Crippen molar-refractivity contribution < 1.29 is 19.2 Å². The molecule has 0 saturated heterocycles. The van der Waals surface area contributed by atoms with Crippen molar-refractivity contribution >= 4 is 51.0 Å². The van der Waals surface area contributed by atoms with Gasteiger partial charge in [-0.2, -0.15) is 16.8 Å². The van der Waals surface area contributed by atoms with Crippen molar-refractivity contribution in [2.75, 3.05) is 25.2 Å². The molecule has 1 aliphatic heterocycles. The molecule has 8 nitrogen and oxygen atoms in total. The Morgan fingerprint density at radius 2 is 1.97 bits per heavy atom. The van der Waals surface area contributed by atoms with E-state index in [2.05, 4.69) is 4.99 Å². The number of ether oxygens (including phenoxy) is 2. The molecule has 0 fully saturated rings. The van der Waals surface area contributed by atoms with Crippen LogP contribution in [0, 0.1) is 10.1 Å². The van der Waals surface area contributed by atoms with Gasteiger partial charge in [0.05, 0.1) is 15.1 Å². The Balaban J connectivity index is 1.66. The van der Waals surface area contributed by atoms with Crippen LogP contribution in [0.3, 0.4) is 0 Å². The monoisotopic (exact) mass is 457 g/mol. The summed E-state index contributed by atoms with van der Waals surface area (Å²) in [7, 11) is 0. The lowest BCUT2D eigenvalue weighted by Crippen LogP contribution is -2.18. The molecule has 0 spiro atoms. The number of nitrogens with zero attached hydrogens (tertiary/aromatic N) is 3. The number of nitro benzene ring substituents is 1. The van der Waals surface area contributed by atoms with E-state index in [1.165, 1.54) is 29.5 Å². The van der Waals surface area contributed by atoms with Gasteiger partial charge in [-0.05, 0) is 30.0 Å². The molecule has 2 aromatic carbocycles. The highest BCUT2D eigenvalue weighted by molar-refractivity contribution is 7.98. The molecule has 160 valence electrons. The molecule has 0 aliphatic carbocycles. The second kappa shape index (κ2) is 9.36. The number of aryl methyl sites for hydroxylation is 1. The minimum Gasteiger partial charge on any atom is -0.486 e. The molecule has 1 aliphatic rings. The quantitative estimate of drug-likeness (QED) is 0.317. The van der Waals surface area contributed by atoms with Crippen molar-refractivity contribution in [3.05, 3.63) is 63.0 Å². The van der Waals surface area contributed by atoms with Gasteiger partial charge in [-0.3, -0.25) is 14.9 Å². The molecule has 0 unspecified atom stereocenters. The highest BCUT2D eigenvalue weighted by Crippen LogP contribution is 2.35. The van der Waals surface area contributed by atoms with Gasteiger partial charge in [-0.1, -0.05) is 11.3 Å². The largest absolute Gasteiger partial charge is 0.486 e. The maximum Gasteiger partial charge on any atom is 0.272 e. The molecular formula is C21H19N3O5S2. The SMILES string of the molecule is CSCCn1c(=NC(=O)/C=C/c2ccc([N+](=O)[O-])cc2)sc2cc3c(cc21)OCCO3. The van der Waals surface area contributed by atoms with E-state index in [-0.39, 0.29) is 5.69 Å². The van der Waals surface area contributed by atoms with Crippen molar-refractivity contribution in [1.29, 1.82) is 0 Å². The Kier molecular flexibility index (Phi) is 6.38. The van der Waals surface area contributed by atoms with Crippen LogP contribution in [0.25, 0.3) is 16.3 Å². The number of carbonyl (C=O) groups is 1. The summed E-state index contributed by atoms with van der Waals surface area (Å²) in [6, 6.07) is 9.84. The molecule has 0 bridgehead atoms. The third kappa shape index (κ3) is 4.80. The summed E-state index contributed by atoms with van der Waals surface area (Å²) in [6.07, 6.45) is 4.99. The predicted molar refractivity (Wildman–Crippen MR) is 122 cm³/mol. The van der Waals surface area contributed by atoms with Crippen LogP contribution >= 0.6 is 23.1 Å². The molecule has 0 atom stereocenters. The Bertz CT molecular complexity index is 1230. The topological polar surface area (TPSA) is 96.0 Å². The second-order valence-electron chi connectivity index (χ2n) is 6.62. The number of rotatable bonds is 6. The summed E-state index contributed by atoms with van der Waals surface area (Å²) < 4.78 is 14.4. The van der Waals surface area contributed by atoms with Gasteiger partial charge in [-0.15, -0.1) is 0 Å². The average Bonchev–Trinajstić information content (AvgIpc) is 3.10. The van der Waals surface area contributed by atoms with E-state index in [9.17, 15) is 14.9 Å². The zero-order chi connectivity index (χ0) is 21.8. The van der Waals surface area contributed by atoms with Crippen molar-refractivity contribution in [2.45, 2.75) is 6.54 Å². The van der Waals surface area contributed by atoms with Gasteiger partial charge in [0.2, 0.25) is 0 Å². The van der Waals surface area contributed by atoms with E-state index in [4.69, 9.17) is 9.47 Å². The zero-order valence-corrected chi connectivity index (χ0v) is 18.3. The number of thioether (sulfide) groups is 1. The van der Waals surface area contributed by atoms with E-state index in [1.54, 1.807) is 30.0 Å². The minimum atomic E-state index is -0.462. The number of amides is 1. The Labute approximate surface area is 186 Å². The van der Waals surface area contributed by atoms with E-state index >= 15 is 0 Å². The maximum atomic E-state index is 12.5. The molecule has 10 heteroatoms. The average molecular weight is 458 g/mol. The van der Waals surface area contributed by atoms with E-state index in [0.29, 0.717) is 41.6 Å². The molecule has 2 heterocycles. The lowest BCUT2D eigenvalue weighted by Gasteiger charge is -2.18. The predicted octanol–water partition coefficient (Wildman–Crippen LogP) is 3.89. The van der Waals surface area contributed by atoms with Gasteiger partial charge in [0.15, 0.2) is 16.3 Å². The third-order valence-corrected chi connectivity index (χ3v) is 6.23. The minimum absolute atomic E-state index is 0.00364. The number of benzene rings is 2. The molecule has 3 aromatic rings. The van der Waals surface area contributed by atoms with Crippen molar-refractivity contribution in [1.82, 2.24) is 4.57 Å². The van der Waals surface area contributed by atoms with Crippen LogP contribution in [0.15, 0.2) is 47.5 Å². The van der Waals surface area contributed by atoms with Gasteiger partial charge < -0.3 is 14.0 Å². The molecule has 4 rings (SSSR count). The van der Waals surface area contributed by atoms with Crippen LogP contribution < -0.4 is 14.3 Å². The van der Waals surface area contributed by atoms with Gasteiger partial charge in [-0.25, -0.2) is 0 Å². The molecule has 0 saturated carbocycles. The van der Waals surface area contributed by atoms with Gasteiger partial charge >= 0.3 is 0 Å². The molecular weight excluding hydrogens is 438 g/mol. The summed E-state index contributed by atoms with van der Waals surface area (Å²) in [5.74, 6) is 1.87. The van der Waals surface area contributed by atoms with E-state index in [1.807, 2.05) is 23.0 Å². The van der Waals surface area contributed by atoms with Crippen molar-refractivity contribution in [3.8, 4) is 11.5 Å². The summed E-state index contributed by atoms with van der Waals surface area (Å²) in [5, 5.41) is 10.7. The first-order valence-corrected chi connectivity index (χ1v) is 11.7. The Hall–Kier alpha value is -3.11. The zero-order valence-electron chi connectivity index (χ0n) is 16.6. The first-order chi connectivity index (χ1) is 15.0. The number of fused-ring (bicyclic) bond motifs is 2. The number of non-ortho nitro benzene ring substituents is 1. The van der Waals surface area contributed by atoms with E-state index < -0.39 is 10.8 Å². The number of nitro groups is 1. The number of hydrogen-bond acceptors (Lipinski definition) is 7. The molecule has 0 N–H and O–H groups in total. The molecule has 1 aromatic heterocycles. The fourth-order valence-corrected chi connectivity index (χ4v) is 4.53. The van der Waals surface area contributed by atoms with Crippen LogP contribution in [-0.2, 0) is 11.3 Å². The van der Waals surface area contributed by atoms with E-state index in [0.717, 1.165) is 16.0 Å². The Morgan fingerprint density at radius 3 is 2.65 bits per heavy atom. The van der Waals surface area contributed by atoms with Crippen molar-refractivity contribution in [3.63, 3.8) is 0 Å². The van der Waals surface area contributed by atoms with Crippen LogP contribution in [0.2, 0.25) is 0 Å². The highest BCUT2D eigenvalue weighted by Gasteiger charge is 2.16. The highest BCUT2D eigenvalue weighted by atomic mass is 32.2. The first kappa shape index (κ1) is 21.1. The summed E-state index contributed by atoms with van der Waals surface area (Å²) in [6.45, 7) is 1.73. The normalized spacial score (nSPS) is 13.8. The number of thiazole rings is 1. The fourth-order valence-electron chi connectivity index (χ4n) is 3.10. The first-order valence-electron chi connectivity index (χ1n) is 9.48. The van der Waals surface area contributed by atoms with Gasteiger partial charge in [0.25, 0.3) is 11.6 Å². The van der Waals surface area contributed by atoms with Crippen LogP contribution in [-0.4, -0.2) is 40.6 Å². The van der Waals surface area contributed by atoms with Crippen molar-refractivity contribution in [2.24, 2.45) is 4.99 Å². The summed E-state index contributed by atoms with van der Waals surface area (Å²) in [4.78, 5) is 27.7.